The topological polar surface area (TPSA) is 98.1 Å². The number of nitrogens with zero attached hydrogens (tertiary/aromatic N) is 1. The molecule has 0 saturated heterocycles. The molecule has 0 amide bonds. The molecule has 2 heterocycles. The van der Waals surface area contributed by atoms with E-state index in [1.807, 2.05) is 0 Å². The van der Waals surface area contributed by atoms with E-state index >= 15 is 0 Å². The maximum Gasteiger partial charge on any atom is 0.338 e. The van der Waals surface area contributed by atoms with Gasteiger partial charge < -0.3 is 15.5 Å². The van der Waals surface area contributed by atoms with Gasteiger partial charge in [0.25, 0.3) is 0 Å². The molecule has 0 fully saturated rings. The minimum Gasteiger partial charge on any atom is -0.462 e. The second-order valence-electron chi connectivity index (χ2n) is 5.51. The smallest absolute Gasteiger partial charge is 0.338 e. The third-order valence-corrected chi connectivity index (χ3v) is 4.07. The van der Waals surface area contributed by atoms with E-state index in [9.17, 15) is 9.59 Å². The van der Waals surface area contributed by atoms with Crippen LogP contribution in [0.4, 0.5) is 5.69 Å². The highest BCUT2D eigenvalue weighted by Crippen LogP contribution is 2.33. The molecule has 3 rings (SSSR count). The van der Waals surface area contributed by atoms with E-state index in [4.69, 9.17) is 22.1 Å². The largest absolute Gasteiger partial charge is 0.462 e. The normalized spacial score (nSPS) is 10.8. The number of hydrogen-bond acceptors (Lipinski definition) is 5. The Morgan fingerprint density at radius 1 is 1.36 bits per heavy atom. The first-order valence-electron chi connectivity index (χ1n) is 7.68. The number of esters is 1. The summed E-state index contributed by atoms with van der Waals surface area (Å²) in [5, 5.41) is 0.754. The zero-order chi connectivity index (χ0) is 18.1. The van der Waals surface area contributed by atoms with Crippen LogP contribution in [0.3, 0.4) is 0 Å². The van der Waals surface area contributed by atoms with Gasteiger partial charge in [0.05, 0.1) is 23.4 Å². The van der Waals surface area contributed by atoms with Crippen LogP contribution < -0.4 is 5.73 Å². The molecule has 0 aliphatic carbocycles. The molecule has 0 spiro atoms. The van der Waals surface area contributed by atoms with Crippen molar-refractivity contribution in [1.82, 2.24) is 9.97 Å². The van der Waals surface area contributed by atoms with Crippen molar-refractivity contribution in [3.8, 4) is 0 Å². The first kappa shape index (κ1) is 17.0. The highest BCUT2D eigenvalue weighted by Gasteiger charge is 2.24. The second kappa shape index (κ2) is 6.57. The van der Waals surface area contributed by atoms with Gasteiger partial charge in [0, 0.05) is 16.6 Å². The summed E-state index contributed by atoms with van der Waals surface area (Å²) in [6.07, 6.45) is 1.54. The van der Waals surface area contributed by atoms with Crippen LogP contribution in [-0.2, 0) is 4.74 Å². The highest BCUT2D eigenvalue weighted by molar-refractivity contribution is 6.32. The van der Waals surface area contributed by atoms with E-state index in [-0.39, 0.29) is 29.3 Å². The Balaban J connectivity index is 2.21. The Labute approximate surface area is 149 Å². The number of halogens is 1. The molecule has 1 aromatic carbocycles. The van der Waals surface area contributed by atoms with Crippen molar-refractivity contribution in [2.45, 2.75) is 13.8 Å². The van der Waals surface area contributed by atoms with Crippen molar-refractivity contribution in [3.05, 3.63) is 58.0 Å². The second-order valence-corrected chi connectivity index (χ2v) is 5.94. The van der Waals surface area contributed by atoms with Crippen LogP contribution in [0.15, 0.2) is 30.5 Å². The number of anilines is 1. The summed E-state index contributed by atoms with van der Waals surface area (Å²) in [5.41, 5.74) is 8.26. The third kappa shape index (κ3) is 2.96. The molecular weight excluding hydrogens is 342 g/mol. The molecular formula is C18H16ClN3O3. The minimum absolute atomic E-state index is 0.171. The van der Waals surface area contributed by atoms with Crippen molar-refractivity contribution >= 4 is 39.9 Å². The number of carbonyl (C=O) groups is 2. The lowest BCUT2D eigenvalue weighted by Gasteiger charge is -2.05. The third-order valence-electron chi connectivity index (χ3n) is 3.85. The monoisotopic (exact) mass is 357 g/mol. The predicted molar refractivity (Wildman–Crippen MR) is 96.1 cm³/mol. The average Bonchev–Trinajstić information content (AvgIpc) is 2.90. The van der Waals surface area contributed by atoms with Crippen molar-refractivity contribution < 1.29 is 14.3 Å². The number of fused-ring (bicyclic) bond motifs is 1. The maximum absolute atomic E-state index is 12.8. The van der Waals surface area contributed by atoms with Crippen molar-refractivity contribution in [2.75, 3.05) is 12.3 Å². The van der Waals surface area contributed by atoms with Gasteiger partial charge in [0.1, 0.15) is 11.4 Å². The standard InChI is InChI=1S/C18H16ClN3O3/c1-3-25-18(24)11-7-10(19)8-12-13(11)14(20)16(22-12)17(23)15-9(2)5-4-6-21-15/h4-8,22H,3,20H2,1-2H3. The number of pyridine rings is 1. The molecule has 6 nitrogen and oxygen atoms in total. The maximum atomic E-state index is 12.8. The first-order valence-corrected chi connectivity index (χ1v) is 8.06. The van der Waals surface area contributed by atoms with Crippen LogP contribution in [0.5, 0.6) is 0 Å². The Morgan fingerprint density at radius 3 is 2.80 bits per heavy atom. The number of benzene rings is 1. The molecule has 7 heteroatoms. The Morgan fingerprint density at radius 2 is 2.12 bits per heavy atom. The van der Waals surface area contributed by atoms with Gasteiger partial charge >= 0.3 is 5.97 Å². The molecule has 0 aliphatic rings. The molecule has 2 aromatic heterocycles. The van der Waals surface area contributed by atoms with Crippen LogP contribution in [0, 0.1) is 6.92 Å². The lowest BCUT2D eigenvalue weighted by molar-refractivity contribution is 0.0528. The number of carbonyl (C=O) groups excluding carboxylic acids is 2. The number of ketones is 1. The van der Waals surface area contributed by atoms with Gasteiger partial charge in [-0.25, -0.2) is 4.79 Å². The number of ether oxygens (including phenoxy) is 1. The zero-order valence-corrected chi connectivity index (χ0v) is 14.5. The minimum atomic E-state index is -0.547. The Hall–Kier alpha value is -2.86. The molecule has 0 radical (unpaired) electrons. The average molecular weight is 358 g/mol. The summed E-state index contributed by atoms with van der Waals surface area (Å²) in [5.74, 6) is -0.897. The van der Waals surface area contributed by atoms with Gasteiger partial charge in [-0.15, -0.1) is 0 Å². The fourth-order valence-corrected chi connectivity index (χ4v) is 2.93. The van der Waals surface area contributed by atoms with E-state index in [0.717, 1.165) is 5.56 Å². The molecule has 0 unspecified atom stereocenters. The number of hydrogen-bond donors (Lipinski definition) is 2. The summed E-state index contributed by atoms with van der Waals surface area (Å²) < 4.78 is 5.06. The summed E-state index contributed by atoms with van der Waals surface area (Å²) >= 11 is 6.09. The van der Waals surface area contributed by atoms with Crippen LogP contribution in [0.2, 0.25) is 5.02 Å². The SMILES string of the molecule is CCOC(=O)c1cc(Cl)cc2[nH]c(C(=O)c3ncccc3C)c(N)c12. The predicted octanol–water partition coefficient (Wildman–Crippen LogP) is 3.51. The van der Waals surface area contributed by atoms with E-state index < -0.39 is 5.97 Å². The Kier molecular flexibility index (Phi) is 4.46. The van der Waals surface area contributed by atoms with Gasteiger partial charge in [-0.05, 0) is 37.6 Å². The van der Waals surface area contributed by atoms with E-state index in [0.29, 0.717) is 21.6 Å². The quantitative estimate of drug-likeness (QED) is 0.550. The lowest BCUT2D eigenvalue weighted by Crippen LogP contribution is -2.09. The van der Waals surface area contributed by atoms with Gasteiger partial charge in [0.15, 0.2) is 0 Å². The number of rotatable bonds is 4. The summed E-state index contributed by atoms with van der Waals surface area (Å²) in [4.78, 5) is 32.1. The number of aromatic nitrogens is 2. The number of nitrogens with one attached hydrogen (secondary N) is 1. The van der Waals surface area contributed by atoms with Gasteiger partial charge in [0.2, 0.25) is 5.78 Å². The number of aryl methyl sites for hydroxylation is 1. The van der Waals surface area contributed by atoms with Crippen LogP contribution in [-0.4, -0.2) is 28.3 Å². The molecule has 25 heavy (non-hydrogen) atoms. The van der Waals surface area contributed by atoms with Crippen molar-refractivity contribution in [1.29, 1.82) is 0 Å². The first-order chi connectivity index (χ1) is 11.9. The molecule has 0 bridgehead atoms. The fraction of sp³-hybridized carbons (Fsp3) is 0.167. The van der Waals surface area contributed by atoms with Crippen molar-refractivity contribution in [2.24, 2.45) is 0 Å². The number of aromatic amines is 1. The summed E-state index contributed by atoms with van der Waals surface area (Å²) in [7, 11) is 0. The molecule has 0 aliphatic heterocycles. The van der Waals surface area contributed by atoms with Gasteiger partial charge in [-0.1, -0.05) is 17.7 Å². The molecule has 3 N–H and O–H groups in total. The molecule has 0 saturated carbocycles. The molecule has 0 atom stereocenters. The van der Waals surface area contributed by atoms with E-state index in [2.05, 4.69) is 9.97 Å². The van der Waals surface area contributed by atoms with E-state index in [1.54, 1.807) is 38.2 Å². The lowest BCUT2D eigenvalue weighted by atomic mass is 10.1. The van der Waals surface area contributed by atoms with Crippen LogP contribution in [0.1, 0.15) is 39.0 Å². The number of H-pyrrole nitrogens is 1. The zero-order valence-electron chi connectivity index (χ0n) is 13.7. The van der Waals surface area contributed by atoms with E-state index in [1.165, 1.54) is 6.07 Å². The summed E-state index contributed by atoms with van der Waals surface area (Å²) in [6, 6.07) is 6.63. The van der Waals surface area contributed by atoms with Gasteiger partial charge in [-0.2, -0.15) is 0 Å². The highest BCUT2D eigenvalue weighted by atomic mass is 35.5. The summed E-state index contributed by atoms with van der Waals surface area (Å²) in [6.45, 7) is 3.72. The number of nitrogen functional groups attached to an aromatic ring is 1. The van der Waals surface area contributed by atoms with Crippen molar-refractivity contribution in [3.63, 3.8) is 0 Å². The Bertz CT molecular complexity index is 995. The number of nitrogens with two attached hydrogens (primary N) is 1. The van der Waals surface area contributed by atoms with Gasteiger partial charge in [-0.3, -0.25) is 9.78 Å². The molecule has 3 aromatic rings. The van der Waals surface area contributed by atoms with Crippen LogP contribution >= 0.6 is 11.6 Å². The van der Waals surface area contributed by atoms with Crippen LogP contribution in [0.25, 0.3) is 10.9 Å². The fourth-order valence-electron chi connectivity index (χ4n) is 2.71. The molecule has 128 valence electrons.